The van der Waals surface area contributed by atoms with E-state index in [2.05, 4.69) is 27.7 Å². The van der Waals surface area contributed by atoms with Gasteiger partial charge in [0, 0.05) is 5.54 Å². The average molecular weight is 285 g/mol. The van der Waals surface area contributed by atoms with Crippen LogP contribution >= 0.6 is 0 Å². The zero-order chi connectivity index (χ0) is 15.2. The van der Waals surface area contributed by atoms with Crippen molar-refractivity contribution in [2.24, 2.45) is 23.5 Å². The Morgan fingerprint density at radius 1 is 1.15 bits per heavy atom. The Morgan fingerprint density at radius 3 is 2.35 bits per heavy atom. The summed E-state index contributed by atoms with van der Waals surface area (Å²) in [6.45, 7) is 8.71. The van der Waals surface area contributed by atoms with Gasteiger partial charge in [0.05, 0.1) is 0 Å². The van der Waals surface area contributed by atoms with Gasteiger partial charge < -0.3 is 5.73 Å². The molecule has 5 unspecified atom stereocenters. The number of nitrogens with two attached hydrogens (primary N) is 1. The first kappa shape index (κ1) is 17.9. The number of hydrogen-bond acceptors (Lipinski definition) is 1. The van der Waals surface area contributed by atoms with Gasteiger partial charge in [-0.2, -0.15) is 0 Å². The van der Waals surface area contributed by atoms with Crippen molar-refractivity contribution in [2.75, 3.05) is 0 Å². The molecule has 0 radical (unpaired) electrons. The molecule has 1 rings (SSSR count). The minimum absolute atomic E-state index is 0.159. The fourth-order valence-electron chi connectivity index (χ4n) is 4.28. The Balaban J connectivity index is 3.01. The predicted molar refractivity (Wildman–Crippen MR) is 86.5 cm³/mol. The highest BCUT2D eigenvalue weighted by Gasteiger charge is 2.43. The first-order valence-corrected chi connectivity index (χ1v) is 8.90. The molecule has 0 spiro atoms. The van der Waals surface area contributed by atoms with Crippen LogP contribution in [0.3, 0.4) is 0 Å². The lowest BCUT2D eigenvalue weighted by molar-refractivity contribution is 0.0336. The van der Waals surface area contributed by atoms with Crippen molar-refractivity contribution in [2.45, 2.75) is 97.2 Å². The SMILES string of the molecule is CCCCC1CCCCC(F)C(CC)C1C(C)(N)CC. The van der Waals surface area contributed by atoms with Crippen LogP contribution in [0, 0.1) is 17.8 Å². The quantitative estimate of drug-likeness (QED) is 0.687. The van der Waals surface area contributed by atoms with Gasteiger partial charge in [-0.25, -0.2) is 4.39 Å². The molecule has 0 bridgehead atoms. The molecule has 0 heterocycles. The first-order valence-electron chi connectivity index (χ1n) is 8.90. The molecule has 1 aliphatic carbocycles. The zero-order valence-corrected chi connectivity index (χ0v) is 14.1. The summed E-state index contributed by atoms with van der Waals surface area (Å²) in [5.41, 5.74) is 6.41. The summed E-state index contributed by atoms with van der Waals surface area (Å²) in [7, 11) is 0. The summed E-state index contributed by atoms with van der Waals surface area (Å²) in [5.74, 6) is 1.12. The van der Waals surface area contributed by atoms with E-state index in [0.29, 0.717) is 11.8 Å². The second kappa shape index (κ2) is 8.36. The minimum Gasteiger partial charge on any atom is -0.325 e. The summed E-state index contributed by atoms with van der Waals surface area (Å²) >= 11 is 0. The van der Waals surface area contributed by atoms with Crippen LogP contribution in [0.4, 0.5) is 4.39 Å². The molecule has 0 aromatic heterocycles. The maximum Gasteiger partial charge on any atom is 0.103 e. The normalized spacial score (nSPS) is 35.1. The molecule has 2 heteroatoms. The molecule has 1 fully saturated rings. The average Bonchev–Trinajstić information content (AvgIpc) is 2.42. The van der Waals surface area contributed by atoms with Crippen LogP contribution in [-0.2, 0) is 0 Å². The summed E-state index contributed by atoms with van der Waals surface area (Å²) in [5, 5.41) is 0. The maximum absolute atomic E-state index is 14.6. The van der Waals surface area contributed by atoms with E-state index in [0.717, 1.165) is 25.7 Å². The molecule has 0 aromatic carbocycles. The highest BCUT2D eigenvalue weighted by atomic mass is 19.1. The smallest absolute Gasteiger partial charge is 0.103 e. The highest BCUT2D eigenvalue weighted by Crippen LogP contribution is 2.44. The second-order valence-electron chi connectivity index (χ2n) is 7.16. The van der Waals surface area contributed by atoms with Gasteiger partial charge >= 0.3 is 0 Å². The van der Waals surface area contributed by atoms with Crippen molar-refractivity contribution in [3.63, 3.8) is 0 Å². The fraction of sp³-hybridized carbons (Fsp3) is 1.00. The number of alkyl halides is 1. The van der Waals surface area contributed by atoms with Crippen LogP contribution in [-0.4, -0.2) is 11.7 Å². The van der Waals surface area contributed by atoms with E-state index >= 15 is 0 Å². The van der Waals surface area contributed by atoms with Crippen molar-refractivity contribution in [3.05, 3.63) is 0 Å². The summed E-state index contributed by atoms with van der Waals surface area (Å²) in [6, 6.07) is 0. The topological polar surface area (TPSA) is 26.0 Å². The minimum atomic E-state index is -0.649. The number of rotatable bonds is 6. The van der Waals surface area contributed by atoms with E-state index in [4.69, 9.17) is 5.73 Å². The van der Waals surface area contributed by atoms with Crippen molar-refractivity contribution < 1.29 is 4.39 Å². The van der Waals surface area contributed by atoms with Crippen LogP contribution < -0.4 is 5.73 Å². The van der Waals surface area contributed by atoms with Gasteiger partial charge in [0.15, 0.2) is 0 Å². The third kappa shape index (κ3) is 4.44. The van der Waals surface area contributed by atoms with E-state index in [1.54, 1.807) is 0 Å². The van der Waals surface area contributed by atoms with Gasteiger partial charge in [-0.1, -0.05) is 65.7 Å². The third-order valence-corrected chi connectivity index (χ3v) is 5.66. The molecule has 0 saturated heterocycles. The fourth-order valence-corrected chi connectivity index (χ4v) is 4.28. The summed E-state index contributed by atoms with van der Waals surface area (Å²) in [6.07, 6.45) is 9.18. The lowest BCUT2D eigenvalue weighted by Crippen LogP contribution is -2.52. The van der Waals surface area contributed by atoms with Crippen LogP contribution in [0.25, 0.3) is 0 Å². The van der Waals surface area contributed by atoms with Gasteiger partial charge in [-0.15, -0.1) is 0 Å². The molecule has 2 N–H and O–H groups in total. The first-order chi connectivity index (χ1) is 9.47. The Hall–Kier alpha value is -0.110. The lowest BCUT2D eigenvalue weighted by atomic mass is 9.63. The van der Waals surface area contributed by atoms with Gasteiger partial charge in [-0.05, 0) is 37.5 Å². The predicted octanol–water partition coefficient (Wildman–Crippen LogP) is 5.47. The van der Waals surface area contributed by atoms with Crippen molar-refractivity contribution in [1.82, 2.24) is 0 Å². The van der Waals surface area contributed by atoms with E-state index < -0.39 is 6.17 Å². The molecule has 1 nitrogen and oxygen atoms in total. The Kier molecular flexibility index (Phi) is 7.50. The van der Waals surface area contributed by atoms with Crippen LogP contribution in [0.2, 0.25) is 0 Å². The van der Waals surface area contributed by atoms with Crippen molar-refractivity contribution in [3.8, 4) is 0 Å². The van der Waals surface area contributed by atoms with E-state index in [1.165, 1.54) is 32.1 Å². The van der Waals surface area contributed by atoms with E-state index in [9.17, 15) is 4.39 Å². The van der Waals surface area contributed by atoms with E-state index in [1.807, 2.05) is 0 Å². The van der Waals surface area contributed by atoms with E-state index in [-0.39, 0.29) is 11.5 Å². The highest BCUT2D eigenvalue weighted by molar-refractivity contribution is 4.96. The van der Waals surface area contributed by atoms with Gasteiger partial charge in [0.1, 0.15) is 6.17 Å². The van der Waals surface area contributed by atoms with Gasteiger partial charge in [0.2, 0.25) is 0 Å². The maximum atomic E-state index is 14.6. The Morgan fingerprint density at radius 2 is 1.80 bits per heavy atom. The summed E-state index contributed by atoms with van der Waals surface area (Å²) in [4.78, 5) is 0. The largest absolute Gasteiger partial charge is 0.325 e. The molecule has 5 atom stereocenters. The molecule has 1 aliphatic rings. The molecule has 120 valence electrons. The molecule has 1 saturated carbocycles. The van der Waals surface area contributed by atoms with Gasteiger partial charge in [-0.3, -0.25) is 0 Å². The number of hydrogen-bond donors (Lipinski definition) is 1. The van der Waals surface area contributed by atoms with Crippen molar-refractivity contribution in [1.29, 1.82) is 0 Å². The second-order valence-corrected chi connectivity index (χ2v) is 7.16. The number of halogens is 1. The summed E-state index contributed by atoms with van der Waals surface area (Å²) < 4.78 is 14.6. The molecule has 0 amide bonds. The molecule has 0 aromatic rings. The van der Waals surface area contributed by atoms with Crippen molar-refractivity contribution >= 4 is 0 Å². The number of unbranched alkanes of at least 4 members (excludes halogenated alkanes) is 1. The lowest BCUT2D eigenvalue weighted by Gasteiger charge is -2.46. The zero-order valence-electron chi connectivity index (χ0n) is 14.1. The van der Waals surface area contributed by atoms with Crippen LogP contribution in [0.15, 0.2) is 0 Å². The molecule has 0 aliphatic heterocycles. The molecule has 20 heavy (non-hydrogen) atoms. The monoisotopic (exact) mass is 285 g/mol. The Labute approximate surface area is 125 Å². The van der Waals surface area contributed by atoms with Gasteiger partial charge in [0.25, 0.3) is 0 Å². The third-order valence-electron chi connectivity index (χ3n) is 5.66. The standard InChI is InChI=1S/C18H36FN/c1-5-8-11-14-12-9-10-13-16(19)15(6-2)17(14)18(4,20)7-3/h14-17H,5-13,20H2,1-4H3. The molecular formula is C18H36FN. The van der Waals surface area contributed by atoms with Crippen LogP contribution in [0.1, 0.15) is 85.5 Å². The van der Waals surface area contributed by atoms with Crippen LogP contribution in [0.5, 0.6) is 0 Å². The Bertz CT molecular complexity index is 262. The molecular weight excluding hydrogens is 249 g/mol.